The molecule has 0 unspecified atom stereocenters. The Morgan fingerprint density at radius 2 is 1.57 bits per heavy atom. The molecule has 0 bridgehead atoms. The summed E-state index contributed by atoms with van der Waals surface area (Å²) in [7, 11) is 0. The van der Waals surface area contributed by atoms with Crippen molar-refractivity contribution in [2.24, 2.45) is 5.73 Å². The highest BCUT2D eigenvalue weighted by Gasteiger charge is 2.60. The summed E-state index contributed by atoms with van der Waals surface area (Å²) < 4.78 is 119. The van der Waals surface area contributed by atoms with Crippen LogP contribution in [0.1, 0.15) is 42.6 Å². The number of carbonyl (C=O) groups is 2. The zero-order chi connectivity index (χ0) is 27.8. The molecule has 2 N–H and O–H groups in total. The van der Waals surface area contributed by atoms with Crippen molar-refractivity contribution in [1.29, 1.82) is 0 Å². The third kappa shape index (κ3) is 6.76. The average molecular weight is 550 g/mol. The predicted octanol–water partition coefficient (Wildman–Crippen LogP) is 4.19. The van der Waals surface area contributed by atoms with Crippen LogP contribution in [0.5, 0.6) is 0 Å². The highest BCUT2D eigenvalue weighted by atomic mass is 19.4. The van der Waals surface area contributed by atoms with Gasteiger partial charge in [-0.15, -0.1) is 0 Å². The summed E-state index contributed by atoms with van der Waals surface area (Å²) in [5.74, 6) is -0.882. The second-order valence-corrected chi connectivity index (χ2v) is 9.03. The SMILES string of the molecule is NC(=O)Cc1nc(C(F)(F)F)ccc1CN1CCCC12CCN(C(=O)OC(C(F)(F)F)C(F)(F)F)CC2. The molecule has 2 amide bonds. The van der Waals surface area contributed by atoms with Crippen LogP contribution in [0, 0.1) is 0 Å². The van der Waals surface area contributed by atoms with E-state index in [1.165, 1.54) is 6.07 Å². The highest BCUT2D eigenvalue weighted by molar-refractivity contribution is 5.76. The zero-order valence-corrected chi connectivity index (χ0v) is 19.1. The number of hydrogen-bond acceptors (Lipinski definition) is 5. The van der Waals surface area contributed by atoms with Crippen LogP contribution < -0.4 is 5.73 Å². The number of primary amides is 1. The van der Waals surface area contributed by atoms with E-state index >= 15 is 0 Å². The van der Waals surface area contributed by atoms with Gasteiger partial charge in [-0.25, -0.2) is 9.78 Å². The molecule has 0 aromatic carbocycles. The summed E-state index contributed by atoms with van der Waals surface area (Å²) in [5.41, 5.74) is 3.56. The molecule has 0 atom stereocenters. The minimum atomic E-state index is -5.83. The standard InChI is InChI=1S/C21H23F9N4O3/c22-19(23,24)14-3-2-12(13(32-14)10-15(31)35)11-34-7-1-4-18(34)5-8-33(9-6-18)17(36)37-16(20(25,26)27)21(28,29)30/h2-3,16H,1,4-11H2,(H2,31,35). The lowest BCUT2D eigenvalue weighted by molar-refractivity contribution is -0.308. The number of nitrogens with two attached hydrogens (primary N) is 1. The molecule has 1 spiro atoms. The molecule has 7 nitrogen and oxygen atoms in total. The maximum atomic E-state index is 13.1. The first-order valence-electron chi connectivity index (χ1n) is 11.1. The topological polar surface area (TPSA) is 88.8 Å². The number of rotatable bonds is 5. The molecule has 0 saturated carbocycles. The molecule has 208 valence electrons. The number of hydrogen-bond donors (Lipinski definition) is 1. The monoisotopic (exact) mass is 550 g/mol. The highest BCUT2D eigenvalue weighted by Crippen LogP contribution is 2.41. The van der Waals surface area contributed by atoms with Crippen molar-refractivity contribution in [3.05, 3.63) is 29.1 Å². The Hall–Kier alpha value is -2.78. The summed E-state index contributed by atoms with van der Waals surface area (Å²) in [6.07, 6.45) is -21.3. The first kappa shape index (κ1) is 28.8. The molecule has 3 rings (SSSR count). The van der Waals surface area contributed by atoms with Gasteiger partial charge in [0.25, 0.3) is 6.10 Å². The number of piperidine rings is 1. The summed E-state index contributed by atoms with van der Waals surface area (Å²) in [6, 6.07) is 1.97. The van der Waals surface area contributed by atoms with E-state index in [0.717, 1.165) is 11.0 Å². The fourth-order valence-corrected chi connectivity index (χ4v) is 4.76. The number of carbonyl (C=O) groups excluding carboxylic acids is 2. The van der Waals surface area contributed by atoms with Gasteiger partial charge in [-0.05, 0) is 43.9 Å². The van der Waals surface area contributed by atoms with Gasteiger partial charge in [0.05, 0.1) is 12.1 Å². The number of nitrogens with zero attached hydrogens (tertiary/aromatic N) is 3. The summed E-state index contributed by atoms with van der Waals surface area (Å²) in [5, 5.41) is 0. The number of pyridine rings is 1. The van der Waals surface area contributed by atoms with Crippen molar-refractivity contribution < 1.29 is 53.8 Å². The Morgan fingerprint density at radius 3 is 2.08 bits per heavy atom. The average Bonchev–Trinajstić information content (AvgIpc) is 3.12. The molecule has 2 aliphatic rings. The van der Waals surface area contributed by atoms with Crippen LogP contribution in [-0.2, 0) is 28.7 Å². The van der Waals surface area contributed by atoms with Gasteiger partial charge in [0.1, 0.15) is 5.69 Å². The summed E-state index contributed by atoms with van der Waals surface area (Å²) >= 11 is 0. The molecule has 2 aliphatic heterocycles. The number of ether oxygens (including phenoxy) is 1. The van der Waals surface area contributed by atoms with E-state index in [4.69, 9.17) is 5.73 Å². The minimum Gasteiger partial charge on any atom is -0.426 e. The fraction of sp³-hybridized carbons (Fsp3) is 0.667. The quantitative estimate of drug-likeness (QED) is 0.556. The third-order valence-corrected chi connectivity index (χ3v) is 6.57. The van der Waals surface area contributed by atoms with Gasteiger partial charge >= 0.3 is 24.6 Å². The third-order valence-electron chi connectivity index (χ3n) is 6.57. The van der Waals surface area contributed by atoms with Crippen molar-refractivity contribution in [2.75, 3.05) is 19.6 Å². The maximum absolute atomic E-state index is 13.1. The molecule has 1 aromatic rings. The Kier molecular flexibility index (Phi) is 7.92. The largest absolute Gasteiger partial charge is 0.434 e. The lowest BCUT2D eigenvalue weighted by atomic mass is 9.84. The van der Waals surface area contributed by atoms with Crippen LogP contribution in [0.15, 0.2) is 12.1 Å². The van der Waals surface area contributed by atoms with Crippen LogP contribution in [0.4, 0.5) is 44.3 Å². The second-order valence-electron chi connectivity index (χ2n) is 9.03. The van der Waals surface area contributed by atoms with E-state index in [1.54, 1.807) is 0 Å². The van der Waals surface area contributed by atoms with E-state index in [0.29, 0.717) is 24.9 Å². The molecular weight excluding hydrogens is 527 g/mol. The summed E-state index contributed by atoms with van der Waals surface area (Å²) in [4.78, 5) is 29.7. The van der Waals surface area contributed by atoms with E-state index in [1.807, 2.05) is 4.90 Å². The minimum absolute atomic E-state index is 0.0857. The Balaban J connectivity index is 1.72. The van der Waals surface area contributed by atoms with Crippen molar-refractivity contribution >= 4 is 12.0 Å². The Bertz CT molecular complexity index is 988. The van der Waals surface area contributed by atoms with Gasteiger partial charge in [-0.1, -0.05) is 6.07 Å². The molecule has 1 aromatic heterocycles. The first-order chi connectivity index (χ1) is 16.9. The number of alkyl halides is 9. The van der Waals surface area contributed by atoms with Crippen molar-refractivity contribution in [2.45, 2.75) is 68.8 Å². The molecule has 16 heteroatoms. The van der Waals surface area contributed by atoms with Gasteiger partial charge in [0, 0.05) is 25.2 Å². The van der Waals surface area contributed by atoms with E-state index in [2.05, 4.69) is 9.72 Å². The van der Waals surface area contributed by atoms with Gasteiger partial charge in [-0.2, -0.15) is 39.5 Å². The van der Waals surface area contributed by atoms with E-state index in [-0.39, 0.29) is 38.2 Å². The Morgan fingerprint density at radius 1 is 0.973 bits per heavy atom. The lowest BCUT2D eigenvalue weighted by Crippen LogP contribution is -2.54. The van der Waals surface area contributed by atoms with Crippen LogP contribution in [0.3, 0.4) is 0 Å². The van der Waals surface area contributed by atoms with Gasteiger partial charge in [0.15, 0.2) is 0 Å². The number of amides is 2. The summed E-state index contributed by atoms with van der Waals surface area (Å²) in [6.45, 7) is 0.211. The van der Waals surface area contributed by atoms with Crippen LogP contribution in [-0.4, -0.2) is 70.4 Å². The maximum Gasteiger partial charge on any atom is 0.434 e. The van der Waals surface area contributed by atoms with Crippen LogP contribution in [0.2, 0.25) is 0 Å². The number of halogens is 9. The molecule has 0 aliphatic carbocycles. The van der Waals surface area contributed by atoms with E-state index < -0.39 is 54.3 Å². The van der Waals surface area contributed by atoms with Gasteiger partial charge in [-0.3, -0.25) is 9.69 Å². The predicted molar refractivity (Wildman–Crippen MR) is 108 cm³/mol. The molecule has 2 saturated heterocycles. The first-order valence-corrected chi connectivity index (χ1v) is 11.1. The molecule has 2 fully saturated rings. The fourth-order valence-electron chi connectivity index (χ4n) is 4.76. The van der Waals surface area contributed by atoms with Gasteiger partial charge in [0.2, 0.25) is 5.91 Å². The van der Waals surface area contributed by atoms with Crippen molar-refractivity contribution in [1.82, 2.24) is 14.8 Å². The van der Waals surface area contributed by atoms with Crippen molar-refractivity contribution in [3.63, 3.8) is 0 Å². The van der Waals surface area contributed by atoms with Gasteiger partial charge < -0.3 is 15.4 Å². The molecule has 0 radical (unpaired) electrons. The molecule has 37 heavy (non-hydrogen) atoms. The zero-order valence-electron chi connectivity index (χ0n) is 19.1. The van der Waals surface area contributed by atoms with Crippen LogP contribution >= 0.6 is 0 Å². The molecular formula is C21H23F9N4O3. The number of aromatic nitrogens is 1. The number of likely N-dealkylation sites (tertiary alicyclic amines) is 2. The Labute approximate surface area is 204 Å². The molecule has 3 heterocycles. The van der Waals surface area contributed by atoms with Crippen molar-refractivity contribution in [3.8, 4) is 0 Å². The van der Waals surface area contributed by atoms with Crippen LogP contribution in [0.25, 0.3) is 0 Å². The normalized spacial score (nSPS) is 19.0. The lowest BCUT2D eigenvalue weighted by Gasteiger charge is -2.45. The second kappa shape index (κ2) is 10.2. The van der Waals surface area contributed by atoms with E-state index in [9.17, 15) is 49.1 Å². The smallest absolute Gasteiger partial charge is 0.426 e.